The van der Waals surface area contributed by atoms with Crippen molar-refractivity contribution in [3.05, 3.63) is 21.9 Å². The average Bonchev–Trinajstić information content (AvgIpc) is 2.97. The summed E-state index contributed by atoms with van der Waals surface area (Å²) in [5.41, 5.74) is 6.73. The van der Waals surface area contributed by atoms with Gasteiger partial charge in [-0.05, 0) is 19.8 Å². The van der Waals surface area contributed by atoms with Crippen LogP contribution < -0.4 is 5.73 Å². The Labute approximate surface area is 121 Å². The lowest BCUT2D eigenvalue weighted by atomic mass is 10.3. The van der Waals surface area contributed by atoms with Gasteiger partial charge in [0.25, 0.3) is 0 Å². The molecule has 0 spiro atoms. The predicted molar refractivity (Wildman–Crippen MR) is 79.5 cm³/mol. The molecule has 2 rings (SSSR count). The smallest absolute Gasteiger partial charge is 0.191 e. The zero-order valence-electron chi connectivity index (χ0n) is 11.3. The van der Waals surface area contributed by atoms with Crippen molar-refractivity contribution in [2.75, 3.05) is 6.54 Å². The summed E-state index contributed by atoms with van der Waals surface area (Å²) >= 11 is 3.41. The fraction of sp³-hybridized carbons (Fsp3) is 0.583. The van der Waals surface area contributed by atoms with E-state index in [0.717, 1.165) is 41.8 Å². The van der Waals surface area contributed by atoms with E-state index in [9.17, 15) is 0 Å². The van der Waals surface area contributed by atoms with E-state index in [1.165, 1.54) is 5.01 Å². The van der Waals surface area contributed by atoms with Gasteiger partial charge in [-0.2, -0.15) is 0 Å². The molecule has 5 nitrogen and oxygen atoms in total. The normalized spacial score (nSPS) is 11.1. The lowest BCUT2D eigenvalue weighted by Gasteiger charge is -2.05. The Morgan fingerprint density at radius 3 is 3.00 bits per heavy atom. The molecule has 0 saturated carbocycles. The van der Waals surface area contributed by atoms with Gasteiger partial charge in [-0.15, -0.1) is 21.5 Å². The van der Waals surface area contributed by atoms with E-state index in [4.69, 9.17) is 5.73 Å². The van der Waals surface area contributed by atoms with Crippen LogP contribution in [0.3, 0.4) is 0 Å². The number of hydrogen-bond acceptors (Lipinski definition) is 6. The molecule has 0 aliphatic rings. The molecule has 2 N–H and O–H groups in total. The standard InChI is InChI=1S/C12H19N5S2/c1-3-4-11-14-10(7-18-11)8-19-12-16-15-9(2)17(12)6-5-13/h7H,3-6,8,13H2,1-2H3. The van der Waals surface area contributed by atoms with Crippen LogP contribution >= 0.6 is 23.1 Å². The Kier molecular flexibility index (Phi) is 5.35. The van der Waals surface area contributed by atoms with Crippen LogP contribution in [0.4, 0.5) is 0 Å². The summed E-state index contributed by atoms with van der Waals surface area (Å²) in [5.74, 6) is 1.75. The number of hydrogen-bond donors (Lipinski definition) is 1. The number of thiazole rings is 1. The molecule has 0 aliphatic heterocycles. The third kappa shape index (κ3) is 3.77. The summed E-state index contributed by atoms with van der Waals surface area (Å²) in [4.78, 5) is 4.61. The second-order valence-electron chi connectivity index (χ2n) is 4.24. The Balaban J connectivity index is 1.97. The molecule has 2 heterocycles. The van der Waals surface area contributed by atoms with Crippen molar-refractivity contribution in [1.29, 1.82) is 0 Å². The third-order valence-corrected chi connectivity index (χ3v) is 4.62. The molecule has 0 atom stereocenters. The van der Waals surface area contributed by atoms with Gasteiger partial charge in [-0.1, -0.05) is 18.7 Å². The number of thioether (sulfide) groups is 1. The highest BCUT2D eigenvalue weighted by molar-refractivity contribution is 7.98. The average molecular weight is 297 g/mol. The molecule has 0 aromatic carbocycles. The van der Waals surface area contributed by atoms with Crippen LogP contribution in [0.25, 0.3) is 0 Å². The van der Waals surface area contributed by atoms with Crippen molar-refractivity contribution in [3.8, 4) is 0 Å². The minimum absolute atomic E-state index is 0.601. The number of aryl methyl sites for hydroxylation is 2. The Hall–Kier alpha value is -0.920. The zero-order valence-corrected chi connectivity index (χ0v) is 12.9. The minimum atomic E-state index is 0.601. The molecule has 0 bridgehead atoms. The van der Waals surface area contributed by atoms with E-state index >= 15 is 0 Å². The second-order valence-corrected chi connectivity index (χ2v) is 6.13. The fourth-order valence-corrected chi connectivity index (χ4v) is 3.65. The summed E-state index contributed by atoms with van der Waals surface area (Å²) < 4.78 is 2.06. The molecule has 0 amide bonds. The van der Waals surface area contributed by atoms with Gasteiger partial charge in [-0.25, -0.2) is 4.98 Å². The molecular formula is C12H19N5S2. The summed E-state index contributed by atoms with van der Waals surface area (Å²) in [6.07, 6.45) is 2.21. The summed E-state index contributed by atoms with van der Waals surface area (Å²) in [6, 6.07) is 0. The van der Waals surface area contributed by atoms with Gasteiger partial charge in [0.2, 0.25) is 0 Å². The highest BCUT2D eigenvalue weighted by Crippen LogP contribution is 2.23. The first kappa shape index (κ1) is 14.5. The highest BCUT2D eigenvalue weighted by Gasteiger charge is 2.10. The van der Waals surface area contributed by atoms with Gasteiger partial charge >= 0.3 is 0 Å². The molecule has 19 heavy (non-hydrogen) atoms. The molecule has 7 heteroatoms. The van der Waals surface area contributed by atoms with Crippen molar-refractivity contribution in [1.82, 2.24) is 19.7 Å². The van der Waals surface area contributed by atoms with Crippen LogP contribution in [0.15, 0.2) is 10.5 Å². The Morgan fingerprint density at radius 2 is 2.26 bits per heavy atom. The van der Waals surface area contributed by atoms with E-state index in [1.807, 2.05) is 6.92 Å². The topological polar surface area (TPSA) is 69.6 Å². The molecule has 0 radical (unpaired) electrons. The quantitative estimate of drug-likeness (QED) is 0.794. The van der Waals surface area contributed by atoms with Crippen molar-refractivity contribution in [2.45, 2.75) is 44.1 Å². The van der Waals surface area contributed by atoms with Crippen LogP contribution in [-0.2, 0) is 18.7 Å². The van der Waals surface area contributed by atoms with Crippen molar-refractivity contribution < 1.29 is 0 Å². The molecule has 0 unspecified atom stereocenters. The van der Waals surface area contributed by atoms with Crippen LogP contribution in [-0.4, -0.2) is 26.3 Å². The maximum atomic E-state index is 5.61. The highest BCUT2D eigenvalue weighted by atomic mass is 32.2. The van der Waals surface area contributed by atoms with Crippen LogP contribution in [0, 0.1) is 6.92 Å². The van der Waals surface area contributed by atoms with Gasteiger partial charge in [0, 0.05) is 24.2 Å². The number of aromatic nitrogens is 4. The molecule has 0 fully saturated rings. The van der Waals surface area contributed by atoms with Gasteiger partial charge in [0.15, 0.2) is 5.16 Å². The summed E-state index contributed by atoms with van der Waals surface area (Å²) in [7, 11) is 0. The first-order valence-electron chi connectivity index (χ1n) is 6.40. The largest absolute Gasteiger partial charge is 0.329 e. The van der Waals surface area contributed by atoms with Crippen molar-refractivity contribution >= 4 is 23.1 Å². The predicted octanol–water partition coefficient (Wildman–Crippen LogP) is 2.25. The molecule has 104 valence electrons. The first-order valence-corrected chi connectivity index (χ1v) is 8.27. The molecular weight excluding hydrogens is 278 g/mol. The molecule has 2 aromatic heterocycles. The van der Waals surface area contributed by atoms with Crippen LogP contribution in [0.2, 0.25) is 0 Å². The lowest BCUT2D eigenvalue weighted by molar-refractivity contribution is 0.627. The van der Waals surface area contributed by atoms with Gasteiger partial charge in [0.05, 0.1) is 10.7 Å². The summed E-state index contributed by atoms with van der Waals surface area (Å²) in [6.45, 7) is 5.49. The van der Waals surface area contributed by atoms with E-state index in [2.05, 4.69) is 32.1 Å². The van der Waals surface area contributed by atoms with Crippen molar-refractivity contribution in [2.24, 2.45) is 5.73 Å². The number of rotatable bonds is 7. The SMILES string of the molecule is CCCc1nc(CSc2nnc(C)n2CCN)cs1. The molecule has 2 aromatic rings. The Bertz CT molecular complexity index is 520. The minimum Gasteiger partial charge on any atom is -0.329 e. The van der Waals surface area contributed by atoms with Gasteiger partial charge in [-0.3, -0.25) is 0 Å². The number of nitrogens with zero attached hydrogens (tertiary/aromatic N) is 4. The Morgan fingerprint density at radius 1 is 1.42 bits per heavy atom. The van der Waals surface area contributed by atoms with Crippen LogP contribution in [0.1, 0.15) is 29.9 Å². The number of nitrogens with two attached hydrogens (primary N) is 1. The van der Waals surface area contributed by atoms with E-state index in [0.29, 0.717) is 6.54 Å². The lowest BCUT2D eigenvalue weighted by Crippen LogP contribution is -2.12. The zero-order chi connectivity index (χ0) is 13.7. The van der Waals surface area contributed by atoms with Crippen LogP contribution in [0.5, 0.6) is 0 Å². The first-order chi connectivity index (χ1) is 9.24. The monoisotopic (exact) mass is 297 g/mol. The van der Waals surface area contributed by atoms with E-state index in [-0.39, 0.29) is 0 Å². The van der Waals surface area contributed by atoms with Gasteiger partial charge < -0.3 is 10.3 Å². The van der Waals surface area contributed by atoms with Gasteiger partial charge in [0.1, 0.15) is 5.82 Å². The maximum Gasteiger partial charge on any atom is 0.191 e. The molecule has 0 saturated heterocycles. The van der Waals surface area contributed by atoms with E-state index < -0.39 is 0 Å². The second kappa shape index (κ2) is 7.02. The molecule has 0 aliphatic carbocycles. The maximum absolute atomic E-state index is 5.61. The third-order valence-electron chi connectivity index (χ3n) is 2.67. The van der Waals surface area contributed by atoms with Crippen molar-refractivity contribution in [3.63, 3.8) is 0 Å². The summed E-state index contributed by atoms with van der Waals surface area (Å²) in [5, 5.41) is 12.6. The fourth-order valence-electron chi connectivity index (χ4n) is 1.74. The van der Waals surface area contributed by atoms with E-state index in [1.54, 1.807) is 23.1 Å².